The lowest BCUT2D eigenvalue weighted by Crippen LogP contribution is -2.42. The van der Waals surface area contributed by atoms with E-state index in [1.165, 1.54) is 5.01 Å². The Balaban J connectivity index is 1.20. The second-order valence-electron chi connectivity index (χ2n) is 8.09. The molecular weight excluding hydrogens is 358 g/mol. The molecule has 0 unspecified atom stereocenters. The summed E-state index contributed by atoms with van der Waals surface area (Å²) in [7, 11) is 0. The van der Waals surface area contributed by atoms with E-state index in [0.717, 1.165) is 44.6 Å². The van der Waals surface area contributed by atoms with Gasteiger partial charge in [-0.2, -0.15) is 0 Å². The summed E-state index contributed by atoms with van der Waals surface area (Å²) in [5.41, 5.74) is 1.07. The lowest BCUT2D eigenvalue weighted by atomic mass is 9.73. The molecule has 3 aliphatic heterocycles. The van der Waals surface area contributed by atoms with Crippen LogP contribution in [0.3, 0.4) is 0 Å². The van der Waals surface area contributed by atoms with E-state index < -0.39 is 0 Å². The second kappa shape index (κ2) is 7.00. The summed E-state index contributed by atoms with van der Waals surface area (Å²) in [6.45, 7) is 3.70. The van der Waals surface area contributed by atoms with Gasteiger partial charge in [0.1, 0.15) is 5.01 Å². The van der Waals surface area contributed by atoms with Crippen LogP contribution in [0.5, 0.6) is 0 Å². The highest BCUT2D eigenvalue weighted by atomic mass is 32.1. The zero-order valence-corrected chi connectivity index (χ0v) is 16.2. The Kier molecular flexibility index (Phi) is 4.50. The van der Waals surface area contributed by atoms with E-state index in [1.807, 2.05) is 41.9 Å². The molecule has 142 valence electrons. The van der Waals surface area contributed by atoms with Crippen molar-refractivity contribution in [3.8, 4) is 0 Å². The van der Waals surface area contributed by atoms with Crippen LogP contribution in [-0.2, 0) is 22.5 Å². The van der Waals surface area contributed by atoms with Gasteiger partial charge in [-0.1, -0.05) is 30.3 Å². The highest BCUT2D eigenvalue weighted by Gasteiger charge is 2.62. The maximum absolute atomic E-state index is 12.4. The molecule has 0 radical (unpaired) electrons. The Hall–Kier alpha value is -1.76. The predicted molar refractivity (Wildman–Crippen MR) is 104 cm³/mol. The van der Waals surface area contributed by atoms with Gasteiger partial charge in [0.05, 0.1) is 24.7 Å². The zero-order valence-electron chi connectivity index (χ0n) is 15.3. The Morgan fingerprint density at radius 1 is 1.37 bits per heavy atom. The Bertz CT molecular complexity index is 797. The van der Waals surface area contributed by atoms with Crippen LogP contribution >= 0.6 is 11.3 Å². The molecule has 6 heteroatoms. The van der Waals surface area contributed by atoms with Crippen LogP contribution in [0.1, 0.15) is 23.4 Å². The molecule has 5 rings (SSSR count). The summed E-state index contributed by atoms with van der Waals surface area (Å²) < 4.78 is 6.49. The van der Waals surface area contributed by atoms with Gasteiger partial charge in [-0.15, -0.1) is 11.3 Å². The fourth-order valence-electron chi connectivity index (χ4n) is 5.28. The molecule has 0 aliphatic carbocycles. The number of carbonyl (C=O) groups excluding carboxylic acids is 1. The van der Waals surface area contributed by atoms with Crippen molar-refractivity contribution in [1.29, 1.82) is 0 Å². The topological polar surface area (TPSA) is 54.5 Å². The molecule has 1 aromatic carbocycles. The fraction of sp³-hybridized carbons (Fsp3) is 0.524. The average Bonchev–Trinajstić information content (AvgIpc) is 3.42. The standard InChI is InChI=1S/C21H25N3O2S/c25-19(10-15-4-2-1-3-5-15)23-11-16-17-12-24(13-20-22-8-9-27-20)14-21(17)7-6-18(16)26-21/h1-5,8-9,16-18H,6-7,10-14H2,(H,23,25)/t16-,17+,18+,21+/m0/s1. The van der Waals surface area contributed by atoms with Gasteiger partial charge in [0.25, 0.3) is 0 Å². The van der Waals surface area contributed by atoms with Crippen LogP contribution in [-0.4, -0.2) is 47.1 Å². The molecule has 3 fully saturated rings. The Morgan fingerprint density at radius 3 is 3.07 bits per heavy atom. The van der Waals surface area contributed by atoms with Crippen LogP contribution < -0.4 is 5.32 Å². The largest absolute Gasteiger partial charge is 0.370 e. The van der Waals surface area contributed by atoms with Gasteiger partial charge in [-0.05, 0) is 18.4 Å². The average molecular weight is 384 g/mol. The number of hydrogen-bond acceptors (Lipinski definition) is 5. The number of benzene rings is 1. The molecule has 3 saturated heterocycles. The molecule has 2 aromatic rings. The van der Waals surface area contributed by atoms with E-state index in [-0.39, 0.29) is 11.5 Å². The first kappa shape index (κ1) is 17.3. The highest BCUT2D eigenvalue weighted by molar-refractivity contribution is 7.09. The van der Waals surface area contributed by atoms with E-state index in [4.69, 9.17) is 4.74 Å². The molecule has 27 heavy (non-hydrogen) atoms. The normalized spacial score (nSPS) is 31.9. The van der Waals surface area contributed by atoms with Crippen LogP contribution in [0.4, 0.5) is 0 Å². The van der Waals surface area contributed by atoms with Crippen molar-refractivity contribution in [3.05, 3.63) is 52.5 Å². The number of carbonyl (C=O) groups is 1. The number of ether oxygens (including phenoxy) is 1. The first-order chi connectivity index (χ1) is 13.2. The summed E-state index contributed by atoms with van der Waals surface area (Å²) >= 11 is 1.72. The van der Waals surface area contributed by atoms with Crippen LogP contribution in [0.15, 0.2) is 41.9 Å². The van der Waals surface area contributed by atoms with Gasteiger partial charge in [0, 0.05) is 43.0 Å². The number of aromatic nitrogens is 1. The Morgan fingerprint density at radius 2 is 2.26 bits per heavy atom. The maximum Gasteiger partial charge on any atom is 0.224 e. The van der Waals surface area contributed by atoms with E-state index in [0.29, 0.717) is 24.4 Å². The SMILES string of the molecule is O=C(Cc1ccccc1)NC[C@H]1[C@H]2CN(Cc3nccs3)C[C@]23CC[C@H]1O3. The van der Waals surface area contributed by atoms with E-state index in [9.17, 15) is 4.79 Å². The fourth-order valence-corrected chi connectivity index (χ4v) is 5.94. The maximum atomic E-state index is 12.4. The predicted octanol–water partition coefficient (Wildman–Crippen LogP) is 2.48. The minimum Gasteiger partial charge on any atom is -0.370 e. The summed E-state index contributed by atoms with van der Waals surface area (Å²) in [5.74, 6) is 1.06. The summed E-state index contributed by atoms with van der Waals surface area (Å²) in [6.07, 6.45) is 4.92. The highest BCUT2D eigenvalue weighted by Crippen LogP contribution is 2.54. The smallest absolute Gasteiger partial charge is 0.224 e. The van der Waals surface area contributed by atoms with Crippen molar-refractivity contribution in [1.82, 2.24) is 15.2 Å². The van der Waals surface area contributed by atoms with Crippen molar-refractivity contribution in [3.63, 3.8) is 0 Å². The van der Waals surface area contributed by atoms with Crippen molar-refractivity contribution in [2.75, 3.05) is 19.6 Å². The zero-order chi connectivity index (χ0) is 18.3. The van der Waals surface area contributed by atoms with Gasteiger partial charge in [-0.25, -0.2) is 4.98 Å². The summed E-state index contributed by atoms with van der Waals surface area (Å²) in [6, 6.07) is 9.94. The van der Waals surface area contributed by atoms with Gasteiger partial charge >= 0.3 is 0 Å². The molecule has 4 heterocycles. The monoisotopic (exact) mass is 383 g/mol. The molecule has 1 aromatic heterocycles. The van der Waals surface area contributed by atoms with Crippen LogP contribution in [0.25, 0.3) is 0 Å². The molecule has 4 atom stereocenters. The quantitative estimate of drug-likeness (QED) is 0.833. The molecule has 5 nitrogen and oxygen atoms in total. The number of likely N-dealkylation sites (tertiary alicyclic amines) is 1. The minimum absolute atomic E-state index is 0.0107. The minimum atomic E-state index is 0.0107. The number of hydrogen-bond donors (Lipinski definition) is 1. The third kappa shape index (κ3) is 3.30. The molecule has 2 bridgehead atoms. The number of rotatable bonds is 6. The number of thiazole rings is 1. The van der Waals surface area contributed by atoms with E-state index in [2.05, 4.69) is 15.2 Å². The Labute approximate surface area is 163 Å². The second-order valence-corrected chi connectivity index (χ2v) is 9.07. The van der Waals surface area contributed by atoms with Crippen LogP contribution in [0.2, 0.25) is 0 Å². The lowest BCUT2D eigenvalue weighted by molar-refractivity contribution is -0.120. The third-order valence-electron chi connectivity index (χ3n) is 6.44. The van der Waals surface area contributed by atoms with Gasteiger partial charge in [-0.3, -0.25) is 9.69 Å². The first-order valence-electron chi connectivity index (χ1n) is 9.81. The van der Waals surface area contributed by atoms with Crippen molar-refractivity contribution < 1.29 is 9.53 Å². The number of nitrogens with one attached hydrogen (secondary N) is 1. The van der Waals surface area contributed by atoms with E-state index >= 15 is 0 Å². The van der Waals surface area contributed by atoms with Crippen molar-refractivity contribution in [2.45, 2.75) is 37.5 Å². The first-order valence-corrected chi connectivity index (χ1v) is 10.7. The van der Waals surface area contributed by atoms with Crippen molar-refractivity contribution in [2.24, 2.45) is 11.8 Å². The van der Waals surface area contributed by atoms with Crippen LogP contribution in [0, 0.1) is 11.8 Å². The van der Waals surface area contributed by atoms with Gasteiger partial charge < -0.3 is 10.1 Å². The molecule has 1 N–H and O–H groups in total. The molecule has 3 aliphatic rings. The van der Waals surface area contributed by atoms with Gasteiger partial charge in [0.15, 0.2) is 0 Å². The number of fused-ring (bicyclic) bond motifs is 1. The lowest BCUT2D eigenvalue weighted by Gasteiger charge is -2.29. The molecule has 1 amide bonds. The molecule has 0 saturated carbocycles. The summed E-state index contributed by atoms with van der Waals surface area (Å²) in [4.78, 5) is 19.3. The van der Waals surface area contributed by atoms with E-state index in [1.54, 1.807) is 11.3 Å². The number of amides is 1. The van der Waals surface area contributed by atoms with Gasteiger partial charge in [0.2, 0.25) is 5.91 Å². The molecule has 1 spiro atoms. The third-order valence-corrected chi connectivity index (χ3v) is 7.20. The summed E-state index contributed by atoms with van der Waals surface area (Å²) in [5, 5.41) is 6.39. The number of nitrogens with zero attached hydrogens (tertiary/aromatic N) is 2. The molecular formula is C21H25N3O2S. The van der Waals surface area contributed by atoms with Crippen molar-refractivity contribution >= 4 is 17.2 Å².